The molecule has 6 amide bonds. The molecule has 0 aliphatic rings. The second-order valence-corrected chi connectivity index (χ2v) is 11.7. The molecular formula is C28H43N9O13. The summed E-state index contributed by atoms with van der Waals surface area (Å²) in [5, 5.41) is 48.5. The molecule has 1 aromatic heterocycles. The fourth-order valence-electron chi connectivity index (χ4n) is 4.27. The van der Waals surface area contributed by atoms with E-state index in [4.69, 9.17) is 11.5 Å². The Hall–Kier alpha value is -5.64. The van der Waals surface area contributed by atoms with Crippen molar-refractivity contribution in [3.05, 3.63) is 18.2 Å². The monoisotopic (exact) mass is 713 g/mol. The van der Waals surface area contributed by atoms with E-state index in [1.165, 1.54) is 19.4 Å². The van der Waals surface area contributed by atoms with E-state index in [2.05, 4.69) is 25.9 Å². The van der Waals surface area contributed by atoms with Crippen LogP contribution in [0.5, 0.6) is 0 Å². The maximum atomic E-state index is 13.3. The van der Waals surface area contributed by atoms with Crippen LogP contribution in [-0.2, 0) is 49.6 Å². The van der Waals surface area contributed by atoms with Gasteiger partial charge >= 0.3 is 17.9 Å². The number of carboxylic acids is 3. The van der Waals surface area contributed by atoms with Crippen molar-refractivity contribution in [1.29, 1.82) is 0 Å². The average molecular weight is 714 g/mol. The van der Waals surface area contributed by atoms with Crippen LogP contribution in [0.2, 0.25) is 0 Å². The Kier molecular flexibility index (Phi) is 17.0. The van der Waals surface area contributed by atoms with Crippen molar-refractivity contribution in [1.82, 2.24) is 36.6 Å². The number of nitrogens with zero attached hydrogens (tertiary/aromatic N) is 1. The van der Waals surface area contributed by atoms with Crippen molar-refractivity contribution in [3.63, 3.8) is 0 Å². The quantitative estimate of drug-likeness (QED) is 0.0535. The molecule has 0 bridgehead atoms. The van der Waals surface area contributed by atoms with Gasteiger partial charge in [-0.15, -0.1) is 0 Å². The van der Waals surface area contributed by atoms with Crippen LogP contribution in [0.3, 0.4) is 0 Å². The Morgan fingerprint density at radius 2 is 1.12 bits per heavy atom. The molecule has 22 heteroatoms. The number of primary amides is 1. The molecular weight excluding hydrogens is 670 g/mol. The lowest BCUT2D eigenvalue weighted by Gasteiger charge is -2.26. The molecule has 0 saturated heterocycles. The highest BCUT2D eigenvalue weighted by Gasteiger charge is 2.35. The number of aromatic nitrogens is 2. The number of H-pyrrole nitrogens is 1. The van der Waals surface area contributed by atoms with E-state index in [0.29, 0.717) is 5.69 Å². The van der Waals surface area contributed by atoms with Crippen LogP contribution in [0.1, 0.15) is 52.1 Å². The fourth-order valence-corrected chi connectivity index (χ4v) is 4.27. The van der Waals surface area contributed by atoms with Crippen LogP contribution in [0.15, 0.2) is 12.5 Å². The molecule has 0 unspecified atom stereocenters. The maximum absolute atomic E-state index is 13.3. The van der Waals surface area contributed by atoms with Crippen molar-refractivity contribution in [3.8, 4) is 0 Å². The first-order chi connectivity index (χ1) is 23.2. The highest BCUT2D eigenvalue weighted by atomic mass is 16.4. The smallest absolute Gasteiger partial charge is 0.326 e. The van der Waals surface area contributed by atoms with E-state index in [1.54, 1.807) is 13.8 Å². The highest BCUT2D eigenvalue weighted by Crippen LogP contribution is 2.08. The van der Waals surface area contributed by atoms with Gasteiger partial charge in [0.1, 0.15) is 36.3 Å². The Bertz CT molecular complexity index is 1400. The predicted molar refractivity (Wildman–Crippen MR) is 167 cm³/mol. The first-order valence-corrected chi connectivity index (χ1v) is 15.1. The number of carbonyl (C=O) groups is 9. The molecule has 22 nitrogen and oxygen atoms in total. The molecule has 0 spiro atoms. The third-order valence-electron chi connectivity index (χ3n) is 6.82. The molecule has 50 heavy (non-hydrogen) atoms. The highest BCUT2D eigenvalue weighted by molar-refractivity contribution is 5.99. The lowest BCUT2D eigenvalue weighted by molar-refractivity contribution is -0.144. The number of carbonyl (C=O) groups excluding carboxylic acids is 6. The summed E-state index contributed by atoms with van der Waals surface area (Å²) in [6.07, 6.45) is -2.17. The number of hydrogen-bond donors (Lipinski definition) is 12. The predicted octanol–water partition coefficient (Wildman–Crippen LogP) is -4.96. The van der Waals surface area contributed by atoms with Crippen molar-refractivity contribution in [2.24, 2.45) is 17.4 Å². The van der Waals surface area contributed by atoms with Gasteiger partial charge < -0.3 is 63.5 Å². The number of nitrogens with two attached hydrogens (primary N) is 2. The van der Waals surface area contributed by atoms with Crippen molar-refractivity contribution in [2.75, 3.05) is 0 Å². The fraction of sp³-hybridized carbons (Fsp3) is 0.571. The van der Waals surface area contributed by atoms with E-state index in [9.17, 15) is 63.6 Å². The normalized spacial score (nSPS) is 15.2. The zero-order chi connectivity index (χ0) is 38.3. The molecule has 1 heterocycles. The number of imidazole rings is 1. The van der Waals surface area contributed by atoms with Crippen LogP contribution in [0.25, 0.3) is 0 Å². The molecule has 1 rings (SSSR count). The van der Waals surface area contributed by atoms with Crippen LogP contribution < -0.4 is 38.1 Å². The van der Waals surface area contributed by atoms with Gasteiger partial charge in [0.25, 0.3) is 0 Å². The molecule has 0 fully saturated rings. The van der Waals surface area contributed by atoms with E-state index >= 15 is 0 Å². The summed E-state index contributed by atoms with van der Waals surface area (Å²) in [5.74, 6) is -12.0. The minimum atomic E-state index is -1.96. The molecule has 7 atom stereocenters. The zero-order valence-corrected chi connectivity index (χ0v) is 27.4. The zero-order valence-electron chi connectivity index (χ0n) is 27.4. The molecule has 0 aromatic carbocycles. The summed E-state index contributed by atoms with van der Waals surface area (Å²) in [4.78, 5) is 118. The van der Waals surface area contributed by atoms with Gasteiger partial charge in [0.2, 0.25) is 35.4 Å². The van der Waals surface area contributed by atoms with Crippen molar-refractivity contribution in [2.45, 2.75) is 95.2 Å². The molecule has 278 valence electrons. The minimum absolute atomic E-state index is 0.0500. The minimum Gasteiger partial charge on any atom is -0.481 e. The number of amides is 6. The molecule has 0 saturated carbocycles. The standard InChI is InChI=1S/C28H43N9O13/c1-11(2)4-18(28(49)50)37-26(47)17(8-21(42)43)35-24(45)15(6-19(29)39)33-25(46)16(7-20(40)41)34-23(44)14(5-13-9-31-10-32-13)36-27(48)22(30)12(3)38/h9-12,14-18,22,38H,4-8,30H2,1-3H3,(H2,29,39)(H,31,32)(H,33,46)(H,34,44)(H,35,45)(H,36,48)(H,37,47)(H,40,41)(H,42,43)(H,49,50)/t12-,14+,15+,16+,17+,18+,22+/m1/s1. The van der Waals surface area contributed by atoms with Crippen LogP contribution in [0.4, 0.5) is 0 Å². The molecule has 0 aliphatic carbocycles. The number of aliphatic carboxylic acids is 3. The lowest BCUT2D eigenvalue weighted by Crippen LogP contribution is -2.60. The second-order valence-electron chi connectivity index (χ2n) is 11.7. The van der Waals surface area contributed by atoms with Crippen LogP contribution in [-0.4, -0.2) is 126 Å². The second kappa shape index (κ2) is 20.0. The third kappa shape index (κ3) is 15.1. The maximum Gasteiger partial charge on any atom is 0.326 e. The molecule has 14 N–H and O–H groups in total. The van der Waals surface area contributed by atoms with Gasteiger partial charge in [0.15, 0.2) is 0 Å². The van der Waals surface area contributed by atoms with E-state index in [-0.39, 0.29) is 18.8 Å². The summed E-state index contributed by atoms with van der Waals surface area (Å²) < 4.78 is 0. The van der Waals surface area contributed by atoms with Gasteiger partial charge in [-0.25, -0.2) is 9.78 Å². The van der Waals surface area contributed by atoms with Gasteiger partial charge in [-0.2, -0.15) is 0 Å². The van der Waals surface area contributed by atoms with Crippen molar-refractivity contribution < 1.29 is 63.6 Å². The average Bonchev–Trinajstić information content (AvgIpc) is 3.50. The largest absolute Gasteiger partial charge is 0.481 e. The summed E-state index contributed by atoms with van der Waals surface area (Å²) in [6.45, 7) is 4.55. The third-order valence-corrected chi connectivity index (χ3v) is 6.82. The number of aromatic amines is 1. The number of aliphatic hydroxyl groups is 1. The van der Waals surface area contributed by atoms with Crippen LogP contribution >= 0.6 is 0 Å². The van der Waals surface area contributed by atoms with Gasteiger partial charge in [-0.05, 0) is 19.3 Å². The number of hydrogen-bond acceptors (Lipinski definition) is 12. The summed E-state index contributed by atoms with van der Waals surface area (Å²) >= 11 is 0. The van der Waals surface area contributed by atoms with Gasteiger partial charge in [0.05, 0.1) is 31.7 Å². The number of aliphatic hydroxyl groups excluding tert-OH is 1. The Labute approximate surface area is 284 Å². The van der Waals surface area contributed by atoms with Crippen LogP contribution in [0, 0.1) is 5.92 Å². The van der Waals surface area contributed by atoms with E-state index in [1.807, 2.05) is 10.6 Å². The summed E-state index contributed by atoms with van der Waals surface area (Å²) in [7, 11) is 0. The first-order valence-electron chi connectivity index (χ1n) is 15.1. The van der Waals surface area contributed by atoms with Gasteiger partial charge in [-0.3, -0.25) is 38.4 Å². The molecule has 1 aromatic rings. The Morgan fingerprint density at radius 3 is 1.48 bits per heavy atom. The summed E-state index contributed by atoms with van der Waals surface area (Å²) in [5.41, 5.74) is 11.2. The van der Waals surface area contributed by atoms with E-state index in [0.717, 1.165) is 0 Å². The summed E-state index contributed by atoms with van der Waals surface area (Å²) in [6, 6.07) is -10.3. The Balaban J connectivity index is 3.29. The van der Waals surface area contributed by atoms with Gasteiger partial charge in [-0.1, -0.05) is 13.8 Å². The molecule has 0 aliphatic heterocycles. The van der Waals surface area contributed by atoms with Crippen molar-refractivity contribution >= 4 is 53.4 Å². The van der Waals surface area contributed by atoms with E-state index < -0.39 is 115 Å². The molecule has 0 radical (unpaired) electrons. The lowest BCUT2D eigenvalue weighted by atomic mass is 10.0. The topological polar surface area (TPSA) is 375 Å². The number of carboxylic acid groups (broad SMARTS) is 3. The number of rotatable bonds is 22. The van der Waals surface area contributed by atoms with Gasteiger partial charge in [0, 0.05) is 18.3 Å². The SMILES string of the molecule is CC(C)C[C@H](NC(=O)[C@H](CC(=O)O)NC(=O)[C@H](CC(N)=O)NC(=O)[C@H](CC(=O)O)NC(=O)[C@H](Cc1cnc[nH]1)NC(=O)[C@@H](N)[C@@H](C)O)C(=O)O. The Morgan fingerprint density at radius 1 is 0.700 bits per heavy atom. The number of nitrogens with one attached hydrogen (secondary N) is 6. The first kappa shape index (κ1) is 42.4.